The molecule has 0 unspecified atom stereocenters. The number of benzene rings is 1. The van der Waals surface area contributed by atoms with E-state index >= 15 is 0 Å². The van der Waals surface area contributed by atoms with Crippen molar-refractivity contribution in [3.8, 4) is 5.75 Å². The number of nitrogens with zero attached hydrogens (tertiary/aromatic N) is 2. The molecule has 3 rings (SSSR count). The predicted octanol–water partition coefficient (Wildman–Crippen LogP) is 2.50. The molecule has 1 aromatic carbocycles. The average Bonchev–Trinajstić information content (AvgIpc) is 3.22. The molecule has 1 saturated carbocycles. The first kappa shape index (κ1) is 13.2. The zero-order valence-electron chi connectivity index (χ0n) is 12.1. The Hall–Kier alpha value is -1.81. The van der Waals surface area contributed by atoms with Crippen molar-refractivity contribution in [2.75, 3.05) is 7.11 Å². The fraction of sp³-hybridized carbons (Fsp3) is 0.438. The van der Waals surface area contributed by atoms with E-state index < -0.39 is 0 Å². The standard InChI is InChI=1S/C16H21N3O/c1-12-14(9-17-15-7-8-15)11-19(18-12)10-13-5-3-4-6-16(13)20-2/h3-6,11,15,17H,7-10H2,1-2H3. The molecule has 1 fully saturated rings. The van der Waals surface area contributed by atoms with E-state index in [1.807, 2.05) is 22.9 Å². The number of nitrogens with one attached hydrogen (secondary N) is 1. The molecule has 1 aliphatic carbocycles. The molecule has 4 heteroatoms. The van der Waals surface area contributed by atoms with Crippen molar-refractivity contribution in [1.82, 2.24) is 15.1 Å². The molecule has 1 aromatic heterocycles. The van der Waals surface area contributed by atoms with Crippen molar-refractivity contribution in [2.45, 2.75) is 38.9 Å². The van der Waals surface area contributed by atoms with Crippen LogP contribution < -0.4 is 10.1 Å². The van der Waals surface area contributed by atoms with Crippen molar-refractivity contribution in [2.24, 2.45) is 0 Å². The van der Waals surface area contributed by atoms with Gasteiger partial charge in [-0.1, -0.05) is 18.2 Å². The Balaban J connectivity index is 1.71. The summed E-state index contributed by atoms with van der Waals surface area (Å²) in [5.74, 6) is 0.915. The highest BCUT2D eigenvalue weighted by Crippen LogP contribution is 2.21. The van der Waals surface area contributed by atoms with Crippen LogP contribution in [0.4, 0.5) is 0 Å². The third-order valence-electron chi connectivity index (χ3n) is 3.73. The minimum Gasteiger partial charge on any atom is -0.496 e. The third kappa shape index (κ3) is 3.02. The normalized spacial score (nSPS) is 14.5. The molecule has 1 N–H and O–H groups in total. The summed E-state index contributed by atoms with van der Waals surface area (Å²) in [4.78, 5) is 0. The molecule has 1 aliphatic rings. The first-order valence-electron chi connectivity index (χ1n) is 7.14. The summed E-state index contributed by atoms with van der Waals surface area (Å²) >= 11 is 0. The number of hydrogen-bond donors (Lipinski definition) is 1. The van der Waals surface area contributed by atoms with Crippen LogP contribution in [-0.2, 0) is 13.1 Å². The maximum absolute atomic E-state index is 5.39. The molecule has 0 bridgehead atoms. The summed E-state index contributed by atoms with van der Waals surface area (Å²) in [5.41, 5.74) is 3.54. The Morgan fingerprint density at radius 3 is 2.85 bits per heavy atom. The molecule has 0 atom stereocenters. The van der Waals surface area contributed by atoms with Gasteiger partial charge in [0.1, 0.15) is 5.75 Å². The fourth-order valence-corrected chi connectivity index (χ4v) is 2.36. The van der Waals surface area contributed by atoms with Crippen LogP contribution in [-0.4, -0.2) is 22.9 Å². The monoisotopic (exact) mass is 271 g/mol. The van der Waals surface area contributed by atoms with Gasteiger partial charge in [0.15, 0.2) is 0 Å². The van der Waals surface area contributed by atoms with Gasteiger partial charge < -0.3 is 10.1 Å². The SMILES string of the molecule is COc1ccccc1Cn1cc(CNC2CC2)c(C)n1. The Bertz CT molecular complexity index is 587. The van der Waals surface area contributed by atoms with Crippen LogP contribution in [0.25, 0.3) is 0 Å². The number of para-hydroxylation sites is 1. The highest BCUT2D eigenvalue weighted by atomic mass is 16.5. The molecule has 0 aliphatic heterocycles. The Morgan fingerprint density at radius 2 is 2.10 bits per heavy atom. The summed E-state index contributed by atoms with van der Waals surface area (Å²) in [6.07, 6.45) is 4.76. The second-order valence-electron chi connectivity index (χ2n) is 5.40. The van der Waals surface area contributed by atoms with E-state index in [1.165, 1.54) is 18.4 Å². The first-order chi connectivity index (χ1) is 9.76. The van der Waals surface area contributed by atoms with Gasteiger partial charge in [-0.25, -0.2) is 0 Å². The van der Waals surface area contributed by atoms with Crippen LogP contribution in [0.5, 0.6) is 5.75 Å². The van der Waals surface area contributed by atoms with Crippen LogP contribution in [0, 0.1) is 6.92 Å². The zero-order chi connectivity index (χ0) is 13.9. The molecule has 1 heterocycles. The lowest BCUT2D eigenvalue weighted by Gasteiger charge is -2.07. The van der Waals surface area contributed by atoms with E-state index in [0.29, 0.717) is 0 Å². The van der Waals surface area contributed by atoms with Gasteiger partial charge in [-0.3, -0.25) is 4.68 Å². The molecule has 4 nitrogen and oxygen atoms in total. The summed E-state index contributed by atoms with van der Waals surface area (Å²) in [7, 11) is 1.71. The smallest absolute Gasteiger partial charge is 0.123 e. The van der Waals surface area contributed by atoms with Crippen molar-refractivity contribution in [3.63, 3.8) is 0 Å². The van der Waals surface area contributed by atoms with Gasteiger partial charge in [-0.2, -0.15) is 5.10 Å². The van der Waals surface area contributed by atoms with E-state index in [9.17, 15) is 0 Å². The maximum Gasteiger partial charge on any atom is 0.123 e. The van der Waals surface area contributed by atoms with Gasteiger partial charge in [0, 0.05) is 29.9 Å². The summed E-state index contributed by atoms with van der Waals surface area (Å²) in [6, 6.07) is 8.82. The second kappa shape index (κ2) is 5.67. The molecule has 0 amide bonds. The quantitative estimate of drug-likeness (QED) is 0.877. The van der Waals surface area contributed by atoms with Gasteiger partial charge in [0.2, 0.25) is 0 Å². The zero-order valence-corrected chi connectivity index (χ0v) is 12.1. The molecule has 0 spiro atoms. The van der Waals surface area contributed by atoms with Crippen LogP contribution in [0.15, 0.2) is 30.5 Å². The summed E-state index contributed by atoms with van der Waals surface area (Å²) in [6.45, 7) is 3.74. The van der Waals surface area contributed by atoms with Gasteiger partial charge in [0.05, 0.1) is 19.3 Å². The largest absolute Gasteiger partial charge is 0.496 e. The van der Waals surface area contributed by atoms with Crippen LogP contribution >= 0.6 is 0 Å². The minimum absolute atomic E-state index is 0.729. The van der Waals surface area contributed by atoms with E-state index in [0.717, 1.165) is 36.1 Å². The molecule has 106 valence electrons. The van der Waals surface area contributed by atoms with Gasteiger partial charge in [-0.15, -0.1) is 0 Å². The van der Waals surface area contributed by atoms with E-state index in [4.69, 9.17) is 4.74 Å². The van der Waals surface area contributed by atoms with Crippen LogP contribution in [0.1, 0.15) is 29.7 Å². The molecular formula is C16H21N3O. The van der Waals surface area contributed by atoms with Crippen molar-refractivity contribution in [1.29, 1.82) is 0 Å². The molecular weight excluding hydrogens is 250 g/mol. The van der Waals surface area contributed by atoms with Crippen LogP contribution in [0.3, 0.4) is 0 Å². The van der Waals surface area contributed by atoms with Crippen molar-refractivity contribution in [3.05, 3.63) is 47.3 Å². The summed E-state index contributed by atoms with van der Waals surface area (Å²) in [5, 5.41) is 8.14. The maximum atomic E-state index is 5.39. The Morgan fingerprint density at radius 1 is 1.30 bits per heavy atom. The van der Waals surface area contributed by atoms with E-state index in [2.05, 4.69) is 29.6 Å². The van der Waals surface area contributed by atoms with Crippen molar-refractivity contribution >= 4 is 0 Å². The number of ether oxygens (including phenoxy) is 1. The predicted molar refractivity (Wildman–Crippen MR) is 78.9 cm³/mol. The second-order valence-corrected chi connectivity index (χ2v) is 5.40. The summed E-state index contributed by atoms with van der Waals surface area (Å²) < 4.78 is 7.39. The minimum atomic E-state index is 0.729. The van der Waals surface area contributed by atoms with Gasteiger partial charge >= 0.3 is 0 Å². The van der Waals surface area contributed by atoms with E-state index in [1.54, 1.807) is 7.11 Å². The third-order valence-corrected chi connectivity index (χ3v) is 3.73. The first-order valence-corrected chi connectivity index (χ1v) is 7.14. The van der Waals surface area contributed by atoms with Crippen LogP contribution in [0.2, 0.25) is 0 Å². The average molecular weight is 271 g/mol. The lowest BCUT2D eigenvalue weighted by molar-refractivity contribution is 0.407. The molecule has 20 heavy (non-hydrogen) atoms. The highest BCUT2D eigenvalue weighted by molar-refractivity contribution is 5.33. The lowest BCUT2D eigenvalue weighted by atomic mass is 10.2. The molecule has 0 radical (unpaired) electrons. The number of methoxy groups -OCH3 is 1. The number of aryl methyl sites for hydroxylation is 1. The Kier molecular flexibility index (Phi) is 3.74. The molecule has 2 aromatic rings. The fourth-order valence-electron chi connectivity index (χ4n) is 2.36. The number of rotatable bonds is 6. The number of hydrogen-bond acceptors (Lipinski definition) is 3. The molecule has 0 saturated heterocycles. The number of aromatic nitrogens is 2. The van der Waals surface area contributed by atoms with Gasteiger partial charge in [0.25, 0.3) is 0 Å². The lowest BCUT2D eigenvalue weighted by Crippen LogP contribution is -2.15. The Labute approximate surface area is 119 Å². The highest BCUT2D eigenvalue weighted by Gasteiger charge is 2.20. The van der Waals surface area contributed by atoms with Gasteiger partial charge in [-0.05, 0) is 25.8 Å². The topological polar surface area (TPSA) is 39.1 Å². The van der Waals surface area contributed by atoms with E-state index in [-0.39, 0.29) is 0 Å². The van der Waals surface area contributed by atoms with Crippen molar-refractivity contribution < 1.29 is 4.74 Å².